The van der Waals surface area contributed by atoms with E-state index in [4.69, 9.17) is 0 Å². The maximum Gasteiger partial charge on any atom is 0.246 e. The van der Waals surface area contributed by atoms with Gasteiger partial charge in [-0.05, 0) is 19.1 Å². The SMILES string of the molecule is CCc1nc2ccccc2n1CC(=O)Nc1nnc(C)s1. The lowest BCUT2D eigenvalue weighted by Gasteiger charge is -2.07. The highest BCUT2D eigenvalue weighted by molar-refractivity contribution is 7.15. The van der Waals surface area contributed by atoms with Crippen LogP contribution in [0.25, 0.3) is 11.0 Å². The van der Waals surface area contributed by atoms with E-state index in [0.717, 1.165) is 28.3 Å². The Bertz CT molecular complexity index is 792. The summed E-state index contributed by atoms with van der Waals surface area (Å²) in [7, 11) is 0. The zero-order chi connectivity index (χ0) is 14.8. The molecule has 0 aliphatic carbocycles. The predicted molar refractivity (Wildman–Crippen MR) is 82.4 cm³/mol. The molecule has 0 spiro atoms. The lowest BCUT2D eigenvalue weighted by atomic mass is 10.3. The Morgan fingerprint density at radius 3 is 2.86 bits per heavy atom. The highest BCUT2D eigenvalue weighted by Gasteiger charge is 2.13. The van der Waals surface area contributed by atoms with Crippen LogP contribution in [-0.4, -0.2) is 25.7 Å². The van der Waals surface area contributed by atoms with Crippen molar-refractivity contribution < 1.29 is 4.79 Å². The Kier molecular flexibility index (Phi) is 3.66. The third kappa shape index (κ3) is 2.78. The molecule has 2 aromatic heterocycles. The molecular weight excluding hydrogens is 286 g/mol. The minimum Gasteiger partial charge on any atom is -0.318 e. The number of nitrogens with zero attached hydrogens (tertiary/aromatic N) is 4. The molecule has 1 N–H and O–H groups in total. The minimum absolute atomic E-state index is 0.121. The number of hydrogen-bond acceptors (Lipinski definition) is 5. The van der Waals surface area contributed by atoms with Gasteiger partial charge in [-0.1, -0.05) is 30.4 Å². The number of amides is 1. The van der Waals surface area contributed by atoms with Crippen molar-refractivity contribution >= 4 is 33.4 Å². The summed E-state index contributed by atoms with van der Waals surface area (Å²) in [5.41, 5.74) is 1.88. The molecule has 0 aliphatic heterocycles. The number of hydrogen-bond donors (Lipinski definition) is 1. The second-order valence-corrected chi connectivity index (χ2v) is 5.81. The van der Waals surface area contributed by atoms with E-state index in [-0.39, 0.29) is 12.5 Å². The lowest BCUT2D eigenvalue weighted by Crippen LogP contribution is -2.20. The number of imidazole rings is 1. The fraction of sp³-hybridized carbons (Fsp3) is 0.286. The van der Waals surface area contributed by atoms with Gasteiger partial charge in [0.1, 0.15) is 17.4 Å². The van der Waals surface area contributed by atoms with Gasteiger partial charge in [-0.15, -0.1) is 10.2 Å². The molecule has 0 bridgehead atoms. The molecule has 0 atom stereocenters. The van der Waals surface area contributed by atoms with Crippen molar-refractivity contribution in [3.63, 3.8) is 0 Å². The van der Waals surface area contributed by atoms with Crippen LogP contribution in [0.3, 0.4) is 0 Å². The fourth-order valence-corrected chi connectivity index (χ4v) is 2.83. The first-order valence-electron chi connectivity index (χ1n) is 6.71. The van der Waals surface area contributed by atoms with Crippen LogP contribution in [0.2, 0.25) is 0 Å². The molecule has 0 aliphatic rings. The zero-order valence-corrected chi connectivity index (χ0v) is 12.6. The number of benzene rings is 1. The van der Waals surface area contributed by atoms with E-state index < -0.39 is 0 Å². The van der Waals surface area contributed by atoms with Crippen molar-refractivity contribution in [2.75, 3.05) is 5.32 Å². The van der Waals surface area contributed by atoms with Gasteiger partial charge < -0.3 is 4.57 Å². The number of anilines is 1. The van der Waals surface area contributed by atoms with E-state index in [1.807, 2.05) is 42.7 Å². The number of nitrogens with one attached hydrogen (secondary N) is 1. The van der Waals surface area contributed by atoms with Gasteiger partial charge >= 0.3 is 0 Å². The minimum atomic E-state index is -0.121. The molecule has 0 fully saturated rings. The van der Waals surface area contributed by atoms with Gasteiger partial charge in [-0.25, -0.2) is 4.98 Å². The van der Waals surface area contributed by atoms with Crippen LogP contribution in [0.5, 0.6) is 0 Å². The molecule has 0 saturated heterocycles. The number of fused-ring (bicyclic) bond motifs is 1. The van der Waals surface area contributed by atoms with Crippen molar-refractivity contribution in [2.45, 2.75) is 26.8 Å². The van der Waals surface area contributed by atoms with Gasteiger partial charge in [0.05, 0.1) is 11.0 Å². The van der Waals surface area contributed by atoms with Crippen molar-refractivity contribution in [3.05, 3.63) is 35.1 Å². The summed E-state index contributed by atoms with van der Waals surface area (Å²) in [5.74, 6) is 0.781. The number of para-hydroxylation sites is 2. The van der Waals surface area contributed by atoms with Gasteiger partial charge in [0, 0.05) is 6.42 Å². The molecule has 6 nitrogen and oxygen atoms in total. The van der Waals surface area contributed by atoms with Crippen LogP contribution in [0.1, 0.15) is 17.8 Å². The molecule has 1 aromatic carbocycles. The summed E-state index contributed by atoms with van der Waals surface area (Å²) >= 11 is 1.36. The van der Waals surface area contributed by atoms with Crippen LogP contribution in [-0.2, 0) is 17.8 Å². The zero-order valence-electron chi connectivity index (χ0n) is 11.8. The average Bonchev–Trinajstić information content (AvgIpc) is 3.03. The summed E-state index contributed by atoms with van der Waals surface area (Å²) in [5, 5.41) is 11.9. The molecule has 7 heteroatoms. The third-order valence-electron chi connectivity index (χ3n) is 3.12. The van der Waals surface area contributed by atoms with E-state index >= 15 is 0 Å². The average molecular weight is 301 g/mol. The van der Waals surface area contributed by atoms with Crippen LogP contribution < -0.4 is 5.32 Å². The first-order chi connectivity index (χ1) is 10.2. The molecule has 21 heavy (non-hydrogen) atoms. The Labute approximate surface area is 125 Å². The van der Waals surface area contributed by atoms with Crippen molar-refractivity contribution in [2.24, 2.45) is 0 Å². The lowest BCUT2D eigenvalue weighted by molar-refractivity contribution is -0.116. The van der Waals surface area contributed by atoms with Crippen LogP contribution in [0, 0.1) is 6.92 Å². The van der Waals surface area contributed by atoms with Crippen molar-refractivity contribution in [3.8, 4) is 0 Å². The molecule has 0 radical (unpaired) electrons. The number of carbonyl (C=O) groups is 1. The number of rotatable bonds is 4. The predicted octanol–water partition coefficient (Wildman–Crippen LogP) is 2.40. The Morgan fingerprint density at radius 1 is 1.33 bits per heavy atom. The van der Waals surface area contributed by atoms with E-state index in [1.54, 1.807) is 0 Å². The normalized spacial score (nSPS) is 11.0. The quantitative estimate of drug-likeness (QED) is 0.803. The second-order valence-electron chi connectivity index (χ2n) is 4.63. The molecule has 0 saturated carbocycles. The Hall–Kier alpha value is -2.28. The monoisotopic (exact) mass is 301 g/mol. The topological polar surface area (TPSA) is 72.7 Å². The smallest absolute Gasteiger partial charge is 0.246 e. The van der Waals surface area contributed by atoms with Crippen LogP contribution in [0.15, 0.2) is 24.3 Å². The molecule has 2 heterocycles. The Balaban J connectivity index is 1.85. The van der Waals surface area contributed by atoms with E-state index in [2.05, 4.69) is 20.5 Å². The number of aromatic nitrogens is 4. The Morgan fingerprint density at radius 2 is 2.14 bits per heavy atom. The summed E-state index contributed by atoms with van der Waals surface area (Å²) in [4.78, 5) is 16.7. The van der Waals surface area contributed by atoms with Gasteiger partial charge in [-0.3, -0.25) is 10.1 Å². The molecule has 3 aromatic rings. The maximum atomic E-state index is 12.2. The standard InChI is InChI=1S/C14H15N5OS/c1-3-12-15-10-6-4-5-7-11(10)19(12)8-13(20)16-14-18-17-9(2)21-14/h4-7H,3,8H2,1-2H3,(H,16,18,20). The van der Waals surface area contributed by atoms with Gasteiger partial charge in [0.25, 0.3) is 0 Å². The molecule has 108 valence electrons. The molecular formula is C14H15N5OS. The third-order valence-corrected chi connectivity index (χ3v) is 3.88. The van der Waals surface area contributed by atoms with Crippen molar-refractivity contribution in [1.29, 1.82) is 0 Å². The fourth-order valence-electron chi connectivity index (χ4n) is 2.22. The van der Waals surface area contributed by atoms with E-state index in [0.29, 0.717) is 5.13 Å². The van der Waals surface area contributed by atoms with Gasteiger partial charge in [0.15, 0.2) is 0 Å². The molecule has 3 rings (SSSR count). The van der Waals surface area contributed by atoms with Crippen LogP contribution in [0.4, 0.5) is 5.13 Å². The van der Waals surface area contributed by atoms with Crippen LogP contribution >= 0.6 is 11.3 Å². The number of aryl methyl sites for hydroxylation is 2. The number of carbonyl (C=O) groups excluding carboxylic acids is 1. The summed E-state index contributed by atoms with van der Waals surface area (Å²) < 4.78 is 1.94. The van der Waals surface area contributed by atoms with E-state index in [1.165, 1.54) is 11.3 Å². The van der Waals surface area contributed by atoms with E-state index in [9.17, 15) is 4.79 Å². The van der Waals surface area contributed by atoms with Gasteiger partial charge in [-0.2, -0.15) is 0 Å². The first-order valence-corrected chi connectivity index (χ1v) is 7.53. The molecule has 1 amide bonds. The summed E-state index contributed by atoms with van der Waals surface area (Å²) in [6, 6.07) is 7.83. The maximum absolute atomic E-state index is 12.2. The second kappa shape index (κ2) is 5.61. The van der Waals surface area contributed by atoms with Crippen molar-refractivity contribution in [1.82, 2.24) is 19.7 Å². The largest absolute Gasteiger partial charge is 0.318 e. The highest BCUT2D eigenvalue weighted by Crippen LogP contribution is 2.17. The summed E-state index contributed by atoms with van der Waals surface area (Å²) in [6.45, 7) is 4.11. The first kappa shape index (κ1) is 13.7. The molecule has 0 unspecified atom stereocenters. The highest BCUT2D eigenvalue weighted by atomic mass is 32.1. The van der Waals surface area contributed by atoms with Gasteiger partial charge in [0.2, 0.25) is 11.0 Å². The summed E-state index contributed by atoms with van der Waals surface area (Å²) in [6.07, 6.45) is 0.778.